The first kappa shape index (κ1) is 31.4. The van der Waals surface area contributed by atoms with Crippen LogP contribution in [-0.2, 0) is 14.4 Å². The Morgan fingerprint density at radius 3 is 2.32 bits per heavy atom. The van der Waals surface area contributed by atoms with Crippen LogP contribution in [0.2, 0.25) is 0 Å². The number of benzene rings is 3. The molecule has 0 spiro atoms. The Balaban J connectivity index is 1.58. The van der Waals surface area contributed by atoms with Crippen molar-refractivity contribution < 1.29 is 28.6 Å². The third-order valence-electron chi connectivity index (χ3n) is 5.19. The molecular formula is C29H28Br2N4O6. The van der Waals surface area contributed by atoms with Gasteiger partial charge in [-0.25, -0.2) is 5.43 Å². The minimum Gasteiger partial charge on any atom is -0.490 e. The number of hydrogen-bond donors (Lipinski definition) is 3. The highest BCUT2D eigenvalue weighted by Crippen LogP contribution is 2.36. The van der Waals surface area contributed by atoms with E-state index < -0.39 is 11.8 Å². The van der Waals surface area contributed by atoms with E-state index in [0.717, 1.165) is 10.0 Å². The second-order valence-electron chi connectivity index (χ2n) is 8.34. The summed E-state index contributed by atoms with van der Waals surface area (Å²) in [5, 5.41) is 9.13. The lowest BCUT2D eigenvalue weighted by Gasteiger charge is -2.15. The van der Waals surface area contributed by atoms with Gasteiger partial charge in [0.25, 0.3) is 5.91 Å². The van der Waals surface area contributed by atoms with Crippen LogP contribution in [0.4, 0.5) is 11.4 Å². The van der Waals surface area contributed by atoms with Crippen LogP contribution in [0.3, 0.4) is 0 Å². The summed E-state index contributed by atoms with van der Waals surface area (Å²) in [5.74, 6) is -0.895. The standard InChI is InChI=1S/C29H28Br2N4O6/c1-4-12-40-22-9-6-20(7-10-22)34-28(37)29(38)35-32-16-19-14-24(31)27(25(15-19)39-5-2)41-17-26(36)33-21-8-11-23(30)18(3)13-21/h4,6-11,13-16H,1,5,12,17H2,2-3H3,(H,33,36)(H,34,37)(H,35,38)/b32-16-. The van der Waals surface area contributed by atoms with Gasteiger partial charge in [-0.05, 0) is 95.5 Å². The lowest BCUT2D eigenvalue weighted by Crippen LogP contribution is -2.32. The average molecular weight is 688 g/mol. The van der Waals surface area contributed by atoms with Crippen LogP contribution in [0.15, 0.2) is 81.3 Å². The van der Waals surface area contributed by atoms with Crippen molar-refractivity contribution in [2.75, 3.05) is 30.5 Å². The monoisotopic (exact) mass is 686 g/mol. The first-order valence-electron chi connectivity index (χ1n) is 12.3. The van der Waals surface area contributed by atoms with Crippen LogP contribution in [-0.4, -0.2) is 43.8 Å². The third-order valence-corrected chi connectivity index (χ3v) is 6.67. The van der Waals surface area contributed by atoms with Gasteiger partial charge in [0.15, 0.2) is 18.1 Å². The molecule has 0 heterocycles. The second-order valence-corrected chi connectivity index (χ2v) is 10.0. The van der Waals surface area contributed by atoms with Gasteiger partial charge in [0.05, 0.1) is 17.3 Å². The molecule has 0 aromatic heterocycles. The molecule has 12 heteroatoms. The van der Waals surface area contributed by atoms with Crippen molar-refractivity contribution in [1.29, 1.82) is 0 Å². The molecule has 0 radical (unpaired) electrons. The molecule has 0 unspecified atom stereocenters. The first-order chi connectivity index (χ1) is 19.7. The van der Waals surface area contributed by atoms with Crippen molar-refractivity contribution in [2.24, 2.45) is 5.10 Å². The molecule has 3 amide bonds. The summed E-state index contributed by atoms with van der Waals surface area (Å²) in [6, 6.07) is 15.3. The van der Waals surface area contributed by atoms with Gasteiger partial charge < -0.3 is 24.8 Å². The van der Waals surface area contributed by atoms with Crippen LogP contribution in [0.25, 0.3) is 0 Å². The number of hydrazone groups is 1. The predicted octanol–water partition coefficient (Wildman–Crippen LogP) is 5.59. The lowest BCUT2D eigenvalue weighted by molar-refractivity contribution is -0.136. The number of carbonyl (C=O) groups excluding carboxylic acids is 3. The molecular weight excluding hydrogens is 660 g/mol. The first-order valence-corrected chi connectivity index (χ1v) is 13.9. The van der Waals surface area contributed by atoms with E-state index in [-0.39, 0.29) is 12.5 Å². The molecule has 0 atom stereocenters. The van der Waals surface area contributed by atoms with Crippen molar-refractivity contribution in [3.05, 3.63) is 87.3 Å². The maximum Gasteiger partial charge on any atom is 0.329 e. The zero-order chi connectivity index (χ0) is 29.8. The highest BCUT2D eigenvalue weighted by Gasteiger charge is 2.15. The highest BCUT2D eigenvalue weighted by atomic mass is 79.9. The maximum atomic E-state index is 12.5. The second kappa shape index (κ2) is 15.6. The number of nitrogens with zero attached hydrogens (tertiary/aromatic N) is 1. The smallest absolute Gasteiger partial charge is 0.329 e. The number of carbonyl (C=O) groups is 3. The minimum atomic E-state index is -0.954. The van der Waals surface area contributed by atoms with Crippen molar-refractivity contribution >= 4 is 67.2 Å². The van der Waals surface area contributed by atoms with Gasteiger partial charge in [0.1, 0.15) is 12.4 Å². The number of ether oxygens (including phenoxy) is 3. The zero-order valence-electron chi connectivity index (χ0n) is 22.3. The summed E-state index contributed by atoms with van der Waals surface area (Å²) < 4.78 is 18.3. The zero-order valence-corrected chi connectivity index (χ0v) is 25.5. The summed E-state index contributed by atoms with van der Waals surface area (Å²) in [6.07, 6.45) is 2.96. The lowest BCUT2D eigenvalue weighted by atomic mass is 10.2. The van der Waals surface area contributed by atoms with E-state index >= 15 is 0 Å². The molecule has 0 saturated carbocycles. The molecule has 3 rings (SSSR count). The Morgan fingerprint density at radius 1 is 0.902 bits per heavy atom. The molecule has 0 aliphatic carbocycles. The molecule has 0 aliphatic rings. The molecule has 0 fully saturated rings. The summed E-state index contributed by atoms with van der Waals surface area (Å²) in [5.41, 5.74) is 4.78. The van der Waals surface area contributed by atoms with E-state index in [1.165, 1.54) is 6.21 Å². The molecule has 0 aliphatic heterocycles. The molecule has 0 saturated heterocycles. The fourth-order valence-corrected chi connectivity index (χ4v) is 4.14. The van der Waals surface area contributed by atoms with Gasteiger partial charge in [-0.15, -0.1) is 0 Å². The number of anilines is 2. The van der Waals surface area contributed by atoms with E-state index in [9.17, 15) is 14.4 Å². The number of halogens is 2. The van der Waals surface area contributed by atoms with E-state index in [1.54, 1.807) is 48.5 Å². The molecule has 0 bridgehead atoms. The summed E-state index contributed by atoms with van der Waals surface area (Å²) >= 11 is 6.87. The van der Waals surface area contributed by atoms with E-state index in [1.807, 2.05) is 26.0 Å². The molecule has 3 aromatic carbocycles. The van der Waals surface area contributed by atoms with Gasteiger partial charge >= 0.3 is 11.8 Å². The molecule has 41 heavy (non-hydrogen) atoms. The Labute approximate surface area is 254 Å². The average Bonchev–Trinajstić information content (AvgIpc) is 2.94. The number of nitrogens with one attached hydrogen (secondary N) is 3. The van der Waals surface area contributed by atoms with Gasteiger partial charge in [-0.3, -0.25) is 14.4 Å². The van der Waals surface area contributed by atoms with Crippen LogP contribution < -0.4 is 30.3 Å². The van der Waals surface area contributed by atoms with Crippen LogP contribution in [0, 0.1) is 6.92 Å². The normalized spacial score (nSPS) is 10.5. The minimum absolute atomic E-state index is 0.253. The highest BCUT2D eigenvalue weighted by molar-refractivity contribution is 9.10. The summed E-state index contributed by atoms with van der Waals surface area (Å²) in [4.78, 5) is 36.8. The van der Waals surface area contributed by atoms with Gasteiger partial charge in [-0.1, -0.05) is 28.6 Å². The van der Waals surface area contributed by atoms with Crippen molar-refractivity contribution in [1.82, 2.24) is 5.43 Å². The fraction of sp³-hybridized carbons (Fsp3) is 0.172. The number of hydrogen-bond acceptors (Lipinski definition) is 7. The Morgan fingerprint density at radius 2 is 1.63 bits per heavy atom. The van der Waals surface area contributed by atoms with Gasteiger partial charge in [0, 0.05) is 15.8 Å². The summed E-state index contributed by atoms with van der Waals surface area (Å²) in [6.45, 7) is 7.75. The Bertz CT molecular complexity index is 1440. The maximum absolute atomic E-state index is 12.5. The quantitative estimate of drug-likeness (QED) is 0.0987. The van der Waals surface area contributed by atoms with E-state index in [4.69, 9.17) is 14.2 Å². The van der Waals surface area contributed by atoms with Crippen molar-refractivity contribution in [3.63, 3.8) is 0 Å². The number of aryl methyl sites for hydroxylation is 1. The van der Waals surface area contributed by atoms with Crippen molar-refractivity contribution in [2.45, 2.75) is 13.8 Å². The molecule has 3 N–H and O–H groups in total. The van der Waals surface area contributed by atoms with Crippen LogP contribution in [0.1, 0.15) is 18.1 Å². The topological polar surface area (TPSA) is 127 Å². The number of rotatable bonds is 12. The molecule has 214 valence electrons. The summed E-state index contributed by atoms with van der Waals surface area (Å²) in [7, 11) is 0. The number of amides is 3. The largest absolute Gasteiger partial charge is 0.490 e. The fourth-order valence-electron chi connectivity index (χ4n) is 3.32. The Hall–Kier alpha value is -4.16. The van der Waals surface area contributed by atoms with Crippen molar-refractivity contribution in [3.8, 4) is 17.2 Å². The molecule has 3 aromatic rings. The SMILES string of the molecule is C=CCOc1ccc(NC(=O)C(=O)N/N=C\c2cc(Br)c(OCC(=O)Nc3ccc(Br)c(C)c3)c(OCC)c2)cc1. The van der Waals surface area contributed by atoms with Gasteiger partial charge in [-0.2, -0.15) is 5.10 Å². The Kier molecular flexibility index (Phi) is 11.9. The van der Waals surface area contributed by atoms with Gasteiger partial charge in [0.2, 0.25) is 0 Å². The molecule has 10 nitrogen and oxygen atoms in total. The van der Waals surface area contributed by atoms with E-state index in [0.29, 0.717) is 51.9 Å². The third kappa shape index (κ3) is 9.76. The van der Waals surface area contributed by atoms with Crippen LogP contribution >= 0.6 is 31.9 Å². The van der Waals surface area contributed by atoms with E-state index in [2.05, 4.69) is 59.6 Å². The van der Waals surface area contributed by atoms with Crippen LogP contribution in [0.5, 0.6) is 17.2 Å². The predicted molar refractivity (Wildman–Crippen MR) is 165 cm³/mol.